The normalized spacial score (nSPS) is 10.2. The Morgan fingerprint density at radius 3 is 2.12 bits per heavy atom. The molecule has 86 valence electrons. The van der Waals surface area contributed by atoms with E-state index in [1.165, 1.54) is 22.3 Å². The number of ketones is 1. The summed E-state index contributed by atoms with van der Waals surface area (Å²) in [4.78, 5) is 11.8. The summed E-state index contributed by atoms with van der Waals surface area (Å²) in [5.74, 6) is 0.252. The Labute approximate surface area is 98.2 Å². The minimum Gasteiger partial charge on any atom is -0.299 e. The van der Waals surface area contributed by atoms with Crippen molar-refractivity contribution in [3.05, 3.63) is 46.5 Å². The summed E-state index contributed by atoms with van der Waals surface area (Å²) in [6.07, 6.45) is 1.03. The zero-order valence-corrected chi connectivity index (χ0v) is 10.7. The summed E-state index contributed by atoms with van der Waals surface area (Å²) in [6.45, 7) is 11.9. The summed E-state index contributed by atoms with van der Waals surface area (Å²) < 4.78 is 0. The van der Waals surface area contributed by atoms with Crippen LogP contribution in [-0.4, -0.2) is 5.78 Å². The Balaban J connectivity index is 2.89. The van der Waals surface area contributed by atoms with Crippen molar-refractivity contribution in [2.24, 2.45) is 0 Å². The lowest BCUT2D eigenvalue weighted by molar-refractivity contribution is -0.117. The lowest BCUT2D eigenvalue weighted by Gasteiger charge is -2.10. The predicted molar refractivity (Wildman–Crippen MR) is 68.8 cm³/mol. The Kier molecular flexibility index (Phi) is 4.05. The van der Waals surface area contributed by atoms with Gasteiger partial charge in [-0.3, -0.25) is 4.79 Å². The van der Waals surface area contributed by atoms with Crippen LogP contribution < -0.4 is 0 Å². The van der Waals surface area contributed by atoms with Crippen LogP contribution in [-0.2, 0) is 11.2 Å². The van der Waals surface area contributed by atoms with Gasteiger partial charge in [-0.1, -0.05) is 29.8 Å². The molecule has 0 saturated heterocycles. The maximum atomic E-state index is 11.8. The number of rotatable bonds is 4. The summed E-state index contributed by atoms with van der Waals surface area (Å²) in [7, 11) is 0. The van der Waals surface area contributed by atoms with Crippen molar-refractivity contribution in [3.63, 3.8) is 0 Å². The fourth-order valence-corrected chi connectivity index (χ4v) is 2.09. The highest BCUT2D eigenvalue weighted by atomic mass is 16.1. The molecule has 0 aliphatic heterocycles. The molecule has 0 spiro atoms. The van der Waals surface area contributed by atoms with Crippen molar-refractivity contribution in [2.75, 3.05) is 0 Å². The van der Waals surface area contributed by atoms with Gasteiger partial charge in [0.2, 0.25) is 0 Å². The first-order valence-electron chi connectivity index (χ1n) is 5.63. The molecule has 0 atom stereocenters. The number of Topliss-reactive ketones (excluding diaryl/α,β-unsaturated/α-hetero) is 1. The van der Waals surface area contributed by atoms with E-state index in [1.807, 2.05) is 6.92 Å². The molecule has 0 fully saturated rings. The van der Waals surface area contributed by atoms with Crippen molar-refractivity contribution < 1.29 is 4.79 Å². The van der Waals surface area contributed by atoms with Crippen molar-refractivity contribution in [2.45, 2.75) is 40.5 Å². The summed E-state index contributed by atoms with van der Waals surface area (Å²) in [5.41, 5.74) is 5.80. The molecule has 1 aromatic carbocycles. The Morgan fingerprint density at radius 1 is 1.19 bits per heavy atom. The van der Waals surface area contributed by atoms with Gasteiger partial charge in [-0.2, -0.15) is 0 Å². The molecule has 0 unspecified atom stereocenters. The lowest BCUT2D eigenvalue weighted by Crippen LogP contribution is -2.06. The second kappa shape index (κ2) is 5.11. The molecular formula is C15H20O. The number of aryl methyl sites for hydroxylation is 3. The summed E-state index contributed by atoms with van der Waals surface area (Å²) in [6, 6.07) is 4.27. The van der Waals surface area contributed by atoms with Crippen molar-refractivity contribution >= 4 is 5.78 Å². The number of carbonyl (C=O) groups is 1. The van der Waals surface area contributed by atoms with E-state index in [4.69, 9.17) is 0 Å². The fourth-order valence-electron chi connectivity index (χ4n) is 2.09. The van der Waals surface area contributed by atoms with E-state index in [1.54, 1.807) is 0 Å². The molecule has 1 heteroatoms. The van der Waals surface area contributed by atoms with Crippen LogP contribution in [0, 0.1) is 20.8 Å². The van der Waals surface area contributed by atoms with Crippen molar-refractivity contribution in [3.8, 4) is 0 Å². The third kappa shape index (κ3) is 3.34. The van der Waals surface area contributed by atoms with Gasteiger partial charge in [0.05, 0.1) is 0 Å². The highest BCUT2D eigenvalue weighted by molar-refractivity contribution is 5.83. The highest BCUT2D eigenvalue weighted by Crippen LogP contribution is 2.18. The summed E-state index contributed by atoms with van der Waals surface area (Å²) in [5, 5.41) is 0. The Hall–Kier alpha value is -1.37. The van der Waals surface area contributed by atoms with Crippen LogP contribution in [0.3, 0.4) is 0 Å². The van der Waals surface area contributed by atoms with Gasteiger partial charge >= 0.3 is 0 Å². The molecule has 0 bridgehead atoms. The second-order valence-corrected chi connectivity index (χ2v) is 4.73. The van der Waals surface area contributed by atoms with Gasteiger partial charge in [0.1, 0.15) is 5.78 Å². The average molecular weight is 216 g/mol. The Morgan fingerprint density at radius 2 is 1.69 bits per heavy atom. The van der Waals surface area contributed by atoms with E-state index in [2.05, 4.69) is 39.5 Å². The average Bonchev–Trinajstić information content (AvgIpc) is 2.09. The lowest BCUT2D eigenvalue weighted by atomic mass is 9.94. The minimum absolute atomic E-state index is 0.252. The first-order valence-corrected chi connectivity index (χ1v) is 5.63. The molecule has 0 aliphatic rings. The molecular weight excluding hydrogens is 196 g/mol. The zero-order chi connectivity index (χ0) is 12.3. The second-order valence-electron chi connectivity index (χ2n) is 4.73. The van der Waals surface area contributed by atoms with E-state index < -0.39 is 0 Å². The topological polar surface area (TPSA) is 17.1 Å². The van der Waals surface area contributed by atoms with Crippen LogP contribution in [0.25, 0.3) is 0 Å². The van der Waals surface area contributed by atoms with Gasteiger partial charge in [-0.25, -0.2) is 0 Å². The number of carbonyl (C=O) groups excluding carboxylic acids is 1. The molecule has 0 radical (unpaired) electrons. The van der Waals surface area contributed by atoms with Crippen LogP contribution in [0.5, 0.6) is 0 Å². The van der Waals surface area contributed by atoms with Crippen molar-refractivity contribution in [1.82, 2.24) is 0 Å². The van der Waals surface area contributed by atoms with E-state index in [9.17, 15) is 4.79 Å². The van der Waals surface area contributed by atoms with Crippen LogP contribution in [0.1, 0.15) is 35.6 Å². The van der Waals surface area contributed by atoms with E-state index >= 15 is 0 Å². The van der Waals surface area contributed by atoms with Gasteiger partial charge < -0.3 is 0 Å². The maximum absolute atomic E-state index is 11.8. The fraction of sp³-hybridized carbons (Fsp3) is 0.400. The quantitative estimate of drug-likeness (QED) is 0.701. The molecule has 1 nitrogen and oxygen atoms in total. The van der Waals surface area contributed by atoms with E-state index in [0.29, 0.717) is 12.8 Å². The largest absolute Gasteiger partial charge is 0.299 e. The Bertz CT molecular complexity index is 404. The summed E-state index contributed by atoms with van der Waals surface area (Å²) >= 11 is 0. The molecule has 0 aromatic heterocycles. The van der Waals surface area contributed by atoms with Crippen molar-refractivity contribution in [1.29, 1.82) is 0 Å². The predicted octanol–water partition coefficient (Wildman–Crippen LogP) is 3.69. The third-order valence-electron chi connectivity index (χ3n) is 2.71. The van der Waals surface area contributed by atoms with Crippen LogP contribution in [0.15, 0.2) is 24.3 Å². The monoisotopic (exact) mass is 216 g/mol. The van der Waals surface area contributed by atoms with Gasteiger partial charge in [0.25, 0.3) is 0 Å². The SMILES string of the molecule is C=C(C)CC(=O)Cc1c(C)cc(C)cc1C. The molecule has 1 rings (SSSR count). The number of hydrogen-bond acceptors (Lipinski definition) is 1. The molecule has 1 aromatic rings. The maximum Gasteiger partial charge on any atom is 0.141 e. The van der Waals surface area contributed by atoms with Gasteiger partial charge in [-0.15, -0.1) is 0 Å². The third-order valence-corrected chi connectivity index (χ3v) is 2.71. The smallest absolute Gasteiger partial charge is 0.141 e. The first-order chi connectivity index (χ1) is 7.40. The van der Waals surface area contributed by atoms with E-state index in [-0.39, 0.29) is 5.78 Å². The minimum atomic E-state index is 0.252. The zero-order valence-electron chi connectivity index (χ0n) is 10.7. The molecule has 0 aliphatic carbocycles. The number of benzene rings is 1. The van der Waals surface area contributed by atoms with E-state index in [0.717, 1.165) is 5.57 Å². The first kappa shape index (κ1) is 12.7. The van der Waals surface area contributed by atoms with Crippen LogP contribution in [0.4, 0.5) is 0 Å². The van der Waals surface area contributed by atoms with Gasteiger partial charge in [-0.05, 0) is 44.4 Å². The number of hydrogen-bond donors (Lipinski definition) is 0. The number of allylic oxidation sites excluding steroid dienone is 1. The molecule has 0 heterocycles. The van der Waals surface area contributed by atoms with Gasteiger partial charge in [0.15, 0.2) is 0 Å². The highest BCUT2D eigenvalue weighted by Gasteiger charge is 2.09. The van der Waals surface area contributed by atoms with Gasteiger partial charge in [0, 0.05) is 12.8 Å². The van der Waals surface area contributed by atoms with Crippen LogP contribution >= 0.6 is 0 Å². The molecule has 0 amide bonds. The van der Waals surface area contributed by atoms with Crippen LogP contribution in [0.2, 0.25) is 0 Å². The standard InChI is InChI=1S/C15H20O/c1-10(2)6-14(16)9-15-12(4)7-11(3)8-13(15)5/h7-8H,1,6,9H2,2-5H3. The molecule has 0 saturated carbocycles. The molecule has 16 heavy (non-hydrogen) atoms. The molecule has 0 N–H and O–H groups in total.